The van der Waals surface area contributed by atoms with Crippen LogP contribution in [-0.4, -0.2) is 16.2 Å². The van der Waals surface area contributed by atoms with Gasteiger partial charge in [-0.15, -0.1) is 11.3 Å². The molecule has 4 aromatic rings. The first-order valence-corrected chi connectivity index (χ1v) is 10.6. The molecule has 0 saturated carbocycles. The summed E-state index contributed by atoms with van der Waals surface area (Å²) in [6, 6.07) is 19.7. The summed E-state index contributed by atoms with van der Waals surface area (Å²) in [5.41, 5.74) is 4.20. The number of ether oxygens (including phenoxy) is 1. The third-order valence-corrected chi connectivity index (χ3v) is 5.49. The molecule has 2 aromatic heterocycles. The van der Waals surface area contributed by atoms with Gasteiger partial charge in [0, 0.05) is 22.8 Å². The molecule has 2 heterocycles. The fraction of sp³-hybridized carbons (Fsp3) is 0.130. The highest BCUT2D eigenvalue weighted by Gasteiger charge is 2.09. The van der Waals surface area contributed by atoms with Crippen LogP contribution in [0.3, 0.4) is 0 Å². The van der Waals surface area contributed by atoms with Crippen molar-refractivity contribution in [2.45, 2.75) is 13.5 Å². The van der Waals surface area contributed by atoms with Crippen molar-refractivity contribution in [2.75, 3.05) is 6.61 Å². The summed E-state index contributed by atoms with van der Waals surface area (Å²) in [7, 11) is 0. The number of hydrogen-bond acceptors (Lipinski definition) is 4. The van der Waals surface area contributed by atoms with Gasteiger partial charge in [-0.25, -0.2) is 4.99 Å². The molecular weight excluding hydrogens is 402 g/mol. The van der Waals surface area contributed by atoms with Crippen molar-refractivity contribution < 1.29 is 4.74 Å². The molecule has 0 aliphatic rings. The Kier molecular flexibility index (Phi) is 6.08. The number of nitrogens with zero attached hydrogens (tertiary/aromatic N) is 3. The summed E-state index contributed by atoms with van der Waals surface area (Å²) in [6.45, 7) is 3.31. The normalized spacial score (nSPS) is 11.6. The molecule has 0 spiro atoms. The van der Waals surface area contributed by atoms with Crippen LogP contribution in [-0.2, 0) is 6.54 Å². The van der Waals surface area contributed by atoms with Crippen molar-refractivity contribution in [3.63, 3.8) is 0 Å². The Morgan fingerprint density at radius 1 is 1.07 bits per heavy atom. The molecule has 0 amide bonds. The number of benzene rings is 2. The molecule has 0 bridgehead atoms. The Balaban J connectivity index is 1.77. The van der Waals surface area contributed by atoms with Crippen molar-refractivity contribution in [3.8, 4) is 17.0 Å². The van der Waals surface area contributed by atoms with Gasteiger partial charge in [0.2, 0.25) is 0 Å². The van der Waals surface area contributed by atoms with E-state index in [0.717, 1.165) is 38.1 Å². The van der Waals surface area contributed by atoms with E-state index in [1.54, 1.807) is 17.5 Å². The highest BCUT2D eigenvalue weighted by atomic mass is 35.5. The summed E-state index contributed by atoms with van der Waals surface area (Å²) in [5, 5.41) is 2.86. The predicted molar refractivity (Wildman–Crippen MR) is 119 cm³/mol. The number of halogens is 1. The van der Waals surface area contributed by atoms with Crippen molar-refractivity contribution >= 4 is 28.6 Å². The molecule has 0 fully saturated rings. The summed E-state index contributed by atoms with van der Waals surface area (Å²) >= 11 is 7.69. The van der Waals surface area contributed by atoms with Crippen LogP contribution in [0.2, 0.25) is 5.02 Å². The summed E-state index contributed by atoms with van der Waals surface area (Å²) < 4.78 is 7.73. The zero-order valence-electron chi connectivity index (χ0n) is 16.0. The Morgan fingerprint density at radius 3 is 2.55 bits per heavy atom. The van der Waals surface area contributed by atoms with Crippen LogP contribution >= 0.6 is 22.9 Å². The topological polar surface area (TPSA) is 39.4 Å². The fourth-order valence-electron chi connectivity index (χ4n) is 2.99. The van der Waals surface area contributed by atoms with Gasteiger partial charge in [-0.05, 0) is 60.5 Å². The van der Waals surface area contributed by atoms with Gasteiger partial charge in [0.05, 0.1) is 24.5 Å². The molecule has 2 aromatic carbocycles. The molecule has 0 saturated heterocycles. The minimum Gasteiger partial charge on any atom is -0.494 e. The van der Waals surface area contributed by atoms with E-state index in [9.17, 15) is 0 Å². The lowest BCUT2D eigenvalue weighted by Crippen LogP contribution is -2.16. The Hall–Kier alpha value is -2.89. The molecular formula is C23H20ClN3OS. The Labute approximate surface area is 178 Å². The Bertz CT molecular complexity index is 1130. The van der Waals surface area contributed by atoms with Crippen molar-refractivity contribution in [1.29, 1.82) is 0 Å². The van der Waals surface area contributed by atoms with E-state index in [1.807, 2.05) is 67.7 Å². The summed E-state index contributed by atoms with van der Waals surface area (Å²) in [4.78, 5) is 10.0. The second-order valence-electron chi connectivity index (χ2n) is 6.40. The third-order valence-electron chi connectivity index (χ3n) is 4.37. The molecule has 0 unspecified atom stereocenters. The maximum Gasteiger partial charge on any atom is 0.190 e. The van der Waals surface area contributed by atoms with Crippen LogP contribution in [0.25, 0.3) is 11.3 Å². The zero-order valence-corrected chi connectivity index (χ0v) is 17.5. The van der Waals surface area contributed by atoms with E-state index in [2.05, 4.69) is 21.0 Å². The van der Waals surface area contributed by atoms with Crippen molar-refractivity contribution in [3.05, 3.63) is 93.8 Å². The largest absolute Gasteiger partial charge is 0.494 e. The van der Waals surface area contributed by atoms with Crippen LogP contribution in [0, 0.1) is 0 Å². The lowest BCUT2D eigenvalue weighted by atomic mass is 10.1. The standard InChI is InChI=1S/C23H20ClN3OS/c1-2-28-21-11-9-20(10-12-21)26-23-27(15-17-4-3-13-25-14-17)22(16-29-23)18-5-7-19(24)8-6-18/h3-14,16H,2,15H2,1H3. The zero-order chi connectivity index (χ0) is 20.1. The van der Waals surface area contributed by atoms with E-state index in [4.69, 9.17) is 21.3 Å². The first kappa shape index (κ1) is 19.4. The van der Waals surface area contributed by atoms with E-state index in [0.29, 0.717) is 13.2 Å². The van der Waals surface area contributed by atoms with Crippen LogP contribution < -0.4 is 9.54 Å². The van der Waals surface area contributed by atoms with Gasteiger partial charge in [0.25, 0.3) is 0 Å². The van der Waals surface area contributed by atoms with E-state index >= 15 is 0 Å². The highest BCUT2D eigenvalue weighted by molar-refractivity contribution is 7.07. The maximum absolute atomic E-state index is 6.08. The number of aromatic nitrogens is 2. The van der Waals surface area contributed by atoms with Crippen LogP contribution in [0.4, 0.5) is 5.69 Å². The van der Waals surface area contributed by atoms with Gasteiger partial charge in [-0.3, -0.25) is 4.98 Å². The molecule has 0 N–H and O–H groups in total. The van der Waals surface area contributed by atoms with Gasteiger partial charge in [0.15, 0.2) is 4.80 Å². The van der Waals surface area contributed by atoms with E-state index in [-0.39, 0.29) is 0 Å². The summed E-state index contributed by atoms with van der Waals surface area (Å²) in [6.07, 6.45) is 3.67. The smallest absolute Gasteiger partial charge is 0.190 e. The quantitative estimate of drug-likeness (QED) is 0.386. The molecule has 0 aliphatic heterocycles. The number of thiazole rings is 1. The minimum atomic E-state index is 0.650. The van der Waals surface area contributed by atoms with E-state index < -0.39 is 0 Å². The number of pyridine rings is 1. The van der Waals surface area contributed by atoms with Crippen LogP contribution in [0.1, 0.15) is 12.5 Å². The minimum absolute atomic E-state index is 0.650. The molecule has 29 heavy (non-hydrogen) atoms. The molecule has 6 heteroatoms. The predicted octanol–water partition coefficient (Wildman–Crippen LogP) is 5.94. The third kappa shape index (κ3) is 4.75. The van der Waals surface area contributed by atoms with Crippen LogP contribution in [0.5, 0.6) is 5.75 Å². The van der Waals surface area contributed by atoms with E-state index in [1.165, 1.54) is 0 Å². The molecule has 0 radical (unpaired) electrons. The van der Waals surface area contributed by atoms with Gasteiger partial charge in [0.1, 0.15) is 5.75 Å². The SMILES string of the molecule is CCOc1ccc(N=c2scc(-c3ccc(Cl)cc3)n2Cc2cccnc2)cc1. The molecule has 4 rings (SSSR count). The summed E-state index contributed by atoms with van der Waals surface area (Å²) in [5.74, 6) is 0.850. The van der Waals surface area contributed by atoms with Crippen molar-refractivity contribution in [1.82, 2.24) is 9.55 Å². The van der Waals surface area contributed by atoms with Crippen LogP contribution in [0.15, 0.2) is 83.4 Å². The second kappa shape index (κ2) is 9.07. The number of hydrogen-bond donors (Lipinski definition) is 0. The first-order chi connectivity index (χ1) is 14.2. The fourth-order valence-corrected chi connectivity index (χ4v) is 4.05. The van der Waals surface area contributed by atoms with Gasteiger partial charge in [-0.1, -0.05) is 29.8 Å². The number of rotatable bonds is 6. The lowest BCUT2D eigenvalue weighted by molar-refractivity contribution is 0.340. The molecule has 4 nitrogen and oxygen atoms in total. The maximum atomic E-state index is 6.08. The second-order valence-corrected chi connectivity index (χ2v) is 7.67. The molecule has 0 atom stereocenters. The highest BCUT2D eigenvalue weighted by Crippen LogP contribution is 2.24. The van der Waals surface area contributed by atoms with Gasteiger partial charge in [-0.2, -0.15) is 0 Å². The lowest BCUT2D eigenvalue weighted by Gasteiger charge is -2.09. The molecule has 0 aliphatic carbocycles. The molecule has 146 valence electrons. The van der Waals surface area contributed by atoms with Crippen molar-refractivity contribution in [2.24, 2.45) is 4.99 Å². The van der Waals surface area contributed by atoms with Gasteiger partial charge < -0.3 is 9.30 Å². The monoisotopic (exact) mass is 421 g/mol. The average molecular weight is 422 g/mol. The first-order valence-electron chi connectivity index (χ1n) is 9.33. The average Bonchev–Trinajstić information content (AvgIpc) is 3.13. The Morgan fingerprint density at radius 2 is 1.86 bits per heavy atom. The van der Waals surface area contributed by atoms with Gasteiger partial charge >= 0.3 is 0 Å².